The number of unbranched alkanes of at least 4 members (excludes halogenated alkanes) is 1. The number of hydrogen-bond donors (Lipinski definition) is 3. The molecule has 0 aromatic heterocycles. The quantitative estimate of drug-likeness (QED) is 0.634. The van der Waals surface area contributed by atoms with Crippen LogP contribution in [0.2, 0.25) is 0 Å². The van der Waals surface area contributed by atoms with Crippen molar-refractivity contribution < 1.29 is 9.59 Å². The second-order valence-corrected chi connectivity index (χ2v) is 4.49. The third kappa shape index (κ3) is 5.73. The summed E-state index contributed by atoms with van der Waals surface area (Å²) >= 11 is 0. The molecule has 0 aliphatic rings. The molecule has 110 valence electrons. The Bertz CT molecular complexity index is 429. The van der Waals surface area contributed by atoms with E-state index >= 15 is 0 Å². The topological polar surface area (TPSA) is 70.2 Å². The van der Waals surface area contributed by atoms with Gasteiger partial charge in [0.2, 0.25) is 5.91 Å². The van der Waals surface area contributed by atoms with Gasteiger partial charge in [-0.15, -0.1) is 0 Å². The summed E-state index contributed by atoms with van der Waals surface area (Å²) in [5, 5.41) is 8.58. The minimum atomic E-state index is -0.0614. The average Bonchev–Trinajstić information content (AvgIpc) is 2.46. The molecule has 0 spiro atoms. The first kappa shape index (κ1) is 16.0. The fourth-order valence-corrected chi connectivity index (χ4v) is 1.66. The second-order valence-electron chi connectivity index (χ2n) is 4.49. The molecular formula is C15H23N3O2. The Morgan fingerprint density at radius 1 is 1.05 bits per heavy atom. The van der Waals surface area contributed by atoms with E-state index in [-0.39, 0.29) is 18.4 Å². The third-order valence-electron chi connectivity index (χ3n) is 2.79. The molecule has 0 atom stereocenters. The van der Waals surface area contributed by atoms with Gasteiger partial charge in [0.15, 0.2) is 0 Å². The molecule has 1 rings (SSSR count). The van der Waals surface area contributed by atoms with Gasteiger partial charge in [-0.1, -0.05) is 13.3 Å². The summed E-state index contributed by atoms with van der Waals surface area (Å²) < 4.78 is 0. The Morgan fingerprint density at radius 3 is 2.35 bits per heavy atom. The van der Waals surface area contributed by atoms with Gasteiger partial charge in [-0.25, -0.2) is 0 Å². The van der Waals surface area contributed by atoms with Gasteiger partial charge >= 0.3 is 0 Å². The fourth-order valence-electron chi connectivity index (χ4n) is 1.66. The van der Waals surface area contributed by atoms with Crippen LogP contribution in [0.1, 0.15) is 37.0 Å². The second kappa shape index (κ2) is 8.96. The largest absolute Gasteiger partial charge is 0.376 e. The highest BCUT2D eigenvalue weighted by atomic mass is 16.2. The maximum atomic E-state index is 11.8. The van der Waals surface area contributed by atoms with E-state index in [0.717, 1.165) is 18.5 Å². The normalized spacial score (nSPS) is 9.90. The van der Waals surface area contributed by atoms with Crippen LogP contribution in [0, 0.1) is 0 Å². The summed E-state index contributed by atoms with van der Waals surface area (Å²) in [6.07, 6.45) is 2.04. The van der Waals surface area contributed by atoms with Crippen LogP contribution in [-0.4, -0.2) is 31.4 Å². The Labute approximate surface area is 120 Å². The monoisotopic (exact) mass is 277 g/mol. The molecule has 0 saturated carbocycles. The van der Waals surface area contributed by atoms with Crippen molar-refractivity contribution in [3.63, 3.8) is 0 Å². The van der Waals surface area contributed by atoms with Gasteiger partial charge in [0.05, 0.1) is 6.54 Å². The highest BCUT2D eigenvalue weighted by Crippen LogP contribution is 2.09. The first-order valence-corrected chi connectivity index (χ1v) is 7.06. The van der Waals surface area contributed by atoms with Crippen LogP contribution in [0.4, 0.5) is 5.69 Å². The van der Waals surface area contributed by atoms with E-state index < -0.39 is 0 Å². The number of anilines is 1. The maximum absolute atomic E-state index is 11.8. The lowest BCUT2D eigenvalue weighted by Gasteiger charge is -2.08. The van der Waals surface area contributed by atoms with Crippen LogP contribution in [0.5, 0.6) is 0 Å². The van der Waals surface area contributed by atoms with Crippen molar-refractivity contribution in [2.24, 2.45) is 0 Å². The molecule has 0 saturated heterocycles. The minimum absolute atomic E-state index is 0.0473. The number of carbonyl (C=O) groups is 2. The molecular weight excluding hydrogens is 254 g/mol. The third-order valence-corrected chi connectivity index (χ3v) is 2.79. The molecule has 0 aliphatic heterocycles. The van der Waals surface area contributed by atoms with Gasteiger partial charge in [0.25, 0.3) is 5.91 Å². The Kier molecular flexibility index (Phi) is 7.17. The van der Waals surface area contributed by atoms with E-state index in [1.165, 1.54) is 0 Å². The molecule has 5 heteroatoms. The zero-order chi connectivity index (χ0) is 14.8. The van der Waals surface area contributed by atoms with E-state index in [4.69, 9.17) is 0 Å². The van der Waals surface area contributed by atoms with Crippen LogP contribution >= 0.6 is 0 Å². The summed E-state index contributed by atoms with van der Waals surface area (Å²) in [7, 11) is 0. The Balaban J connectivity index is 2.43. The summed E-state index contributed by atoms with van der Waals surface area (Å²) in [6, 6.07) is 7.10. The van der Waals surface area contributed by atoms with Crippen molar-refractivity contribution >= 4 is 17.5 Å². The standard InChI is InChI=1S/C15H23N3O2/c1-3-5-10-17-15(20)12-6-8-13(9-7-12)18-11-14(19)16-4-2/h6-9,18H,3-5,10-11H2,1-2H3,(H,16,19)(H,17,20). The van der Waals surface area contributed by atoms with Gasteiger partial charge in [0, 0.05) is 24.3 Å². The van der Waals surface area contributed by atoms with Crippen molar-refractivity contribution in [2.45, 2.75) is 26.7 Å². The van der Waals surface area contributed by atoms with E-state index in [1.54, 1.807) is 24.3 Å². The predicted octanol–water partition coefficient (Wildman–Crippen LogP) is 1.76. The lowest BCUT2D eigenvalue weighted by atomic mass is 10.2. The van der Waals surface area contributed by atoms with Crippen LogP contribution in [-0.2, 0) is 4.79 Å². The molecule has 0 heterocycles. The zero-order valence-corrected chi connectivity index (χ0v) is 12.2. The molecule has 3 N–H and O–H groups in total. The highest BCUT2D eigenvalue weighted by Gasteiger charge is 2.04. The van der Waals surface area contributed by atoms with E-state index in [2.05, 4.69) is 22.9 Å². The average molecular weight is 277 g/mol. The molecule has 0 unspecified atom stereocenters. The Morgan fingerprint density at radius 2 is 1.75 bits per heavy atom. The minimum Gasteiger partial charge on any atom is -0.376 e. The van der Waals surface area contributed by atoms with Crippen molar-refractivity contribution in [1.29, 1.82) is 0 Å². The van der Waals surface area contributed by atoms with Crippen molar-refractivity contribution in [2.75, 3.05) is 25.0 Å². The van der Waals surface area contributed by atoms with E-state index in [0.29, 0.717) is 18.7 Å². The highest BCUT2D eigenvalue weighted by molar-refractivity contribution is 5.94. The van der Waals surface area contributed by atoms with Crippen LogP contribution < -0.4 is 16.0 Å². The smallest absolute Gasteiger partial charge is 0.251 e. The summed E-state index contributed by atoms with van der Waals surface area (Å²) in [5.41, 5.74) is 1.45. The summed E-state index contributed by atoms with van der Waals surface area (Å²) in [6.45, 7) is 5.52. The van der Waals surface area contributed by atoms with Gasteiger partial charge in [0.1, 0.15) is 0 Å². The number of benzene rings is 1. The van der Waals surface area contributed by atoms with Gasteiger partial charge in [-0.3, -0.25) is 9.59 Å². The maximum Gasteiger partial charge on any atom is 0.251 e. The molecule has 1 aromatic carbocycles. The Hall–Kier alpha value is -2.04. The van der Waals surface area contributed by atoms with Gasteiger partial charge < -0.3 is 16.0 Å². The lowest BCUT2D eigenvalue weighted by Crippen LogP contribution is -2.29. The van der Waals surface area contributed by atoms with Crippen LogP contribution in [0.25, 0.3) is 0 Å². The number of carbonyl (C=O) groups excluding carboxylic acids is 2. The first-order valence-electron chi connectivity index (χ1n) is 7.06. The van der Waals surface area contributed by atoms with Crippen LogP contribution in [0.15, 0.2) is 24.3 Å². The molecule has 1 aromatic rings. The fraction of sp³-hybridized carbons (Fsp3) is 0.467. The zero-order valence-electron chi connectivity index (χ0n) is 12.2. The molecule has 0 bridgehead atoms. The number of amides is 2. The number of hydrogen-bond acceptors (Lipinski definition) is 3. The molecule has 0 fully saturated rings. The predicted molar refractivity (Wildman–Crippen MR) is 80.9 cm³/mol. The van der Waals surface area contributed by atoms with Crippen LogP contribution in [0.3, 0.4) is 0 Å². The summed E-state index contributed by atoms with van der Waals surface area (Å²) in [4.78, 5) is 23.1. The van der Waals surface area contributed by atoms with Gasteiger partial charge in [-0.05, 0) is 37.6 Å². The molecule has 2 amide bonds. The SMILES string of the molecule is CCCCNC(=O)c1ccc(NCC(=O)NCC)cc1. The lowest BCUT2D eigenvalue weighted by molar-refractivity contribution is -0.119. The first-order chi connectivity index (χ1) is 9.67. The van der Waals surface area contributed by atoms with E-state index in [9.17, 15) is 9.59 Å². The molecule has 0 aliphatic carbocycles. The summed E-state index contributed by atoms with van der Waals surface area (Å²) in [5.74, 6) is -0.109. The van der Waals surface area contributed by atoms with Crippen molar-refractivity contribution in [3.8, 4) is 0 Å². The molecule has 20 heavy (non-hydrogen) atoms. The number of rotatable bonds is 8. The number of nitrogens with one attached hydrogen (secondary N) is 3. The number of likely N-dealkylation sites (N-methyl/N-ethyl adjacent to an activating group) is 1. The van der Waals surface area contributed by atoms with Gasteiger partial charge in [-0.2, -0.15) is 0 Å². The molecule has 0 radical (unpaired) electrons. The van der Waals surface area contributed by atoms with Crippen molar-refractivity contribution in [1.82, 2.24) is 10.6 Å². The van der Waals surface area contributed by atoms with Crippen molar-refractivity contribution in [3.05, 3.63) is 29.8 Å². The molecule has 5 nitrogen and oxygen atoms in total. The van der Waals surface area contributed by atoms with E-state index in [1.807, 2.05) is 6.92 Å².